The first-order valence-electron chi connectivity index (χ1n) is 2.76. The average molecular weight is 168 g/mol. The van der Waals surface area contributed by atoms with Crippen molar-refractivity contribution < 1.29 is 9.84 Å². The summed E-state index contributed by atoms with van der Waals surface area (Å²) in [5, 5.41) is 9.06. The van der Waals surface area contributed by atoms with Crippen LogP contribution in [0.3, 0.4) is 0 Å². The molecule has 0 spiro atoms. The minimum Gasteiger partial charge on any atom is -0.349 e. The summed E-state index contributed by atoms with van der Waals surface area (Å²) in [4.78, 5) is 0. The molecule has 4 heteroatoms. The lowest BCUT2D eigenvalue weighted by molar-refractivity contribution is -0.0300. The van der Waals surface area contributed by atoms with Gasteiger partial charge in [-0.2, -0.15) is 0 Å². The first-order chi connectivity index (χ1) is 4.12. The summed E-state index contributed by atoms with van der Waals surface area (Å²) >= 11 is 5.09. The van der Waals surface area contributed by atoms with Crippen LogP contribution in [-0.2, 0) is 4.74 Å². The lowest BCUT2D eigenvalue weighted by Crippen LogP contribution is -2.18. The molecule has 0 fully saturated rings. The lowest BCUT2D eigenvalue weighted by atomic mass is 10.6. The number of hydrogen-bond acceptors (Lipinski definition) is 4. The molecule has 0 radical (unpaired) electrons. The van der Waals surface area contributed by atoms with Gasteiger partial charge < -0.3 is 9.84 Å². The Morgan fingerprint density at radius 1 is 1.78 bits per heavy atom. The second-order valence-electron chi connectivity index (χ2n) is 1.60. The fourth-order valence-corrected chi connectivity index (χ4v) is 1.16. The summed E-state index contributed by atoms with van der Waals surface area (Å²) in [6, 6.07) is 0. The van der Waals surface area contributed by atoms with Gasteiger partial charge in [-0.25, -0.2) is 0 Å². The van der Waals surface area contributed by atoms with Gasteiger partial charge in [0.1, 0.15) is 0 Å². The third kappa shape index (κ3) is 5.08. The van der Waals surface area contributed by atoms with E-state index in [1.165, 1.54) is 18.9 Å². The van der Waals surface area contributed by atoms with Gasteiger partial charge in [-0.15, -0.1) is 12.6 Å². The van der Waals surface area contributed by atoms with E-state index in [0.29, 0.717) is 0 Å². The van der Waals surface area contributed by atoms with Crippen LogP contribution in [0.5, 0.6) is 0 Å². The third-order valence-electron chi connectivity index (χ3n) is 0.760. The number of methoxy groups -OCH3 is 1. The van der Waals surface area contributed by atoms with Crippen LogP contribution in [0.2, 0.25) is 0 Å². The molecule has 0 aromatic carbocycles. The first-order valence-corrected chi connectivity index (χ1v) is 4.19. The van der Waals surface area contributed by atoms with E-state index < -0.39 is 4.45 Å². The molecule has 1 unspecified atom stereocenters. The van der Waals surface area contributed by atoms with Gasteiger partial charge in [0, 0.05) is 7.11 Å². The molecule has 0 aromatic rings. The van der Waals surface area contributed by atoms with Crippen LogP contribution in [0, 0.1) is 0 Å². The molecule has 1 N–H and O–H groups in total. The van der Waals surface area contributed by atoms with E-state index in [0.717, 1.165) is 12.2 Å². The van der Waals surface area contributed by atoms with Crippen LogP contribution in [0.15, 0.2) is 0 Å². The smallest absolute Gasteiger partial charge is 0.264 e. The molecule has 0 bridgehead atoms. The minimum absolute atomic E-state index is 0.855. The van der Waals surface area contributed by atoms with E-state index in [4.69, 9.17) is 5.11 Å². The second-order valence-corrected chi connectivity index (χ2v) is 3.76. The summed E-state index contributed by atoms with van der Waals surface area (Å²) in [5.74, 6) is 0.855. The number of aliphatic hydroxyl groups is 1. The van der Waals surface area contributed by atoms with E-state index in [1.54, 1.807) is 0 Å². The average Bonchev–Trinajstić information content (AvgIpc) is 1.84. The summed E-state index contributed by atoms with van der Waals surface area (Å²) in [7, 11) is 1.43. The van der Waals surface area contributed by atoms with Gasteiger partial charge >= 0.3 is 0 Å². The van der Waals surface area contributed by atoms with Crippen molar-refractivity contribution in [2.24, 2.45) is 0 Å². The van der Waals surface area contributed by atoms with Gasteiger partial charge in [0.05, 0.1) is 0 Å². The highest BCUT2D eigenvalue weighted by Crippen LogP contribution is 2.26. The first kappa shape index (κ1) is 9.62. The van der Waals surface area contributed by atoms with Gasteiger partial charge in [-0.3, -0.25) is 0 Å². The zero-order valence-electron chi connectivity index (χ0n) is 5.63. The maximum Gasteiger partial charge on any atom is 0.264 e. The predicted octanol–water partition coefficient (Wildman–Crippen LogP) is 1.31. The number of hydrogen-bond donors (Lipinski definition) is 2. The van der Waals surface area contributed by atoms with Crippen LogP contribution in [0.1, 0.15) is 13.3 Å². The molecular formula is C5H12O2S2. The molecule has 0 aliphatic heterocycles. The quantitative estimate of drug-likeness (QED) is 0.490. The number of thioether (sulfide) groups is 1. The number of ether oxygens (including phenoxy) is 1. The summed E-state index contributed by atoms with van der Waals surface area (Å²) in [6.07, 6.45) is 1.01. The lowest BCUT2D eigenvalue weighted by Gasteiger charge is -2.17. The van der Waals surface area contributed by atoms with Crippen molar-refractivity contribution in [2.75, 3.05) is 12.9 Å². The zero-order chi connectivity index (χ0) is 7.33. The van der Waals surface area contributed by atoms with Crippen molar-refractivity contribution in [3.8, 4) is 0 Å². The van der Waals surface area contributed by atoms with Crippen molar-refractivity contribution in [2.45, 2.75) is 17.8 Å². The third-order valence-corrected chi connectivity index (χ3v) is 2.49. The van der Waals surface area contributed by atoms with Gasteiger partial charge in [0.2, 0.25) is 0 Å². The van der Waals surface area contributed by atoms with E-state index in [1.807, 2.05) is 6.92 Å². The molecule has 1 atom stereocenters. The highest BCUT2D eigenvalue weighted by molar-refractivity contribution is 8.10. The fourth-order valence-electron chi connectivity index (χ4n) is 0.294. The molecule has 9 heavy (non-hydrogen) atoms. The Hall–Kier alpha value is 0.620. The van der Waals surface area contributed by atoms with Gasteiger partial charge in [0.25, 0.3) is 4.45 Å². The Labute approximate surface area is 65.4 Å². The van der Waals surface area contributed by atoms with Crippen LogP contribution in [0.25, 0.3) is 0 Å². The van der Waals surface area contributed by atoms with Crippen molar-refractivity contribution in [1.29, 1.82) is 0 Å². The summed E-state index contributed by atoms with van der Waals surface area (Å²) in [5.41, 5.74) is 0. The monoisotopic (exact) mass is 168 g/mol. The zero-order valence-corrected chi connectivity index (χ0v) is 7.34. The molecule has 0 heterocycles. The summed E-state index contributed by atoms with van der Waals surface area (Å²) in [6.45, 7) is 2.03. The van der Waals surface area contributed by atoms with Gasteiger partial charge in [-0.05, 0) is 12.2 Å². The summed E-state index contributed by atoms with van der Waals surface area (Å²) < 4.78 is 3.33. The Balaban J connectivity index is 3.33. The van der Waals surface area contributed by atoms with E-state index >= 15 is 0 Å². The van der Waals surface area contributed by atoms with Crippen LogP contribution < -0.4 is 0 Å². The SMILES string of the molecule is CCCSC(O)(S)OC. The Morgan fingerprint density at radius 2 is 2.33 bits per heavy atom. The van der Waals surface area contributed by atoms with E-state index in [2.05, 4.69) is 17.4 Å². The van der Waals surface area contributed by atoms with Crippen LogP contribution >= 0.6 is 24.4 Å². The van der Waals surface area contributed by atoms with Gasteiger partial charge in [0.15, 0.2) is 0 Å². The normalized spacial score (nSPS) is 17.3. The van der Waals surface area contributed by atoms with Crippen LogP contribution in [-0.4, -0.2) is 22.4 Å². The molecule has 56 valence electrons. The molecule has 0 saturated heterocycles. The Bertz CT molecular complexity index is 75.4. The van der Waals surface area contributed by atoms with Crippen molar-refractivity contribution >= 4 is 24.4 Å². The number of rotatable bonds is 4. The minimum atomic E-state index is -1.30. The molecule has 0 aromatic heterocycles. The van der Waals surface area contributed by atoms with Crippen molar-refractivity contribution in [3.63, 3.8) is 0 Å². The fraction of sp³-hybridized carbons (Fsp3) is 1.00. The molecule has 0 aliphatic rings. The maximum atomic E-state index is 9.06. The Morgan fingerprint density at radius 3 is 2.67 bits per heavy atom. The maximum absolute atomic E-state index is 9.06. The predicted molar refractivity (Wildman–Crippen MR) is 43.7 cm³/mol. The van der Waals surface area contributed by atoms with Crippen molar-refractivity contribution in [3.05, 3.63) is 0 Å². The largest absolute Gasteiger partial charge is 0.349 e. The molecule has 0 rings (SSSR count). The molecule has 0 aliphatic carbocycles. The standard InChI is InChI=1S/C5H12O2S2/c1-3-4-9-5(6,8)7-2/h6,8H,3-4H2,1-2H3. The molecule has 0 saturated carbocycles. The van der Waals surface area contributed by atoms with E-state index in [9.17, 15) is 0 Å². The molecular weight excluding hydrogens is 156 g/mol. The second kappa shape index (κ2) is 4.44. The highest BCUT2D eigenvalue weighted by atomic mass is 32.2. The van der Waals surface area contributed by atoms with Crippen molar-refractivity contribution in [1.82, 2.24) is 0 Å². The topological polar surface area (TPSA) is 29.5 Å². The van der Waals surface area contributed by atoms with Crippen LogP contribution in [0.4, 0.5) is 0 Å². The van der Waals surface area contributed by atoms with E-state index in [-0.39, 0.29) is 0 Å². The van der Waals surface area contributed by atoms with Gasteiger partial charge in [-0.1, -0.05) is 18.7 Å². The Kier molecular flexibility index (Phi) is 4.74. The molecule has 2 nitrogen and oxygen atoms in total. The molecule has 0 amide bonds. The number of thiol groups is 1. The highest BCUT2D eigenvalue weighted by Gasteiger charge is 2.19.